The molecule has 102 valence electrons. The van der Waals surface area contributed by atoms with E-state index < -0.39 is 0 Å². The summed E-state index contributed by atoms with van der Waals surface area (Å²) in [6, 6.07) is 0.379. The predicted octanol–water partition coefficient (Wildman–Crippen LogP) is 3.63. The van der Waals surface area contributed by atoms with E-state index in [9.17, 15) is 5.11 Å². The van der Waals surface area contributed by atoms with Gasteiger partial charge < -0.3 is 10.4 Å². The molecule has 0 spiro atoms. The second-order valence-corrected chi connectivity index (χ2v) is 5.53. The van der Waals surface area contributed by atoms with Crippen LogP contribution in [0.5, 0.6) is 0 Å². The minimum absolute atomic E-state index is 0.106. The average molecular weight is 241 g/mol. The normalized spacial score (nSPS) is 22.6. The molecule has 2 atom stereocenters. The average Bonchev–Trinajstić information content (AvgIpc) is 2.38. The molecule has 1 fully saturated rings. The van der Waals surface area contributed by atoms with Crippen molar-refractivity contribution in [2.24, 2.45) is 0 Å². The van der Waals surface area contributed by atoms with Crippen LogP contribution < -0.4 is 5.32 Å². The standard InChI is InChI=1S/C15H31NO/c1-2-3-4-5-6-7-8-12-15(17)14-11-9-10-13-16-14/h14-17H,2-13H2,1H3. The van der Waals surface area contributed by atoms with Gasteiger partial charge in [0.1, 0.15) is 0 Å². The third kappa shape index (κ3) is 7.05. The molecule has 1 aliphatic rings. The monoisotopic (exact) mass is 241 g/mol. The van der Waals surface area contributed by atoms with Crippen LogP contribution in [-0.4, -0.2) is 23.8 Å². The molecule has 1 heterocycles. The van der Waals surface area contributed by atoms with Crippen molar-refractivity contribution in [1.29, 1.82) is 0 Å². The minimum Gasteiger partial charge on any atom is -0.392 e. The Morgan fingerprint density at radius 2 is 1.76 bits per heavy atom. The van der Waals surface area contributed by atoms with Gasteiger partial charge in [0.25, 0.3) is 0 Å². The summed E-state index contributed by atoms with van der Waals surface area (Å²) in [6.45, 7) is 3.35. The van der Waals surface area contributed by atoms with Gasteiger partial charge in [-0.3, -0.25) is 0 Å². The van der Waals surface area contributed by atoms with Crippen LogP contribution in [0.15, 0.2) is 0 Å². The maximum atomic E-state index is 10.1. The van der Waals surface area contributed by atoms with Gasteiger partial charge >= 0.3 is 0 Å². The van der Waals surface area contributed by atoms with Crippen molar-refractivity contribution >= 4 is 0 Å². The van der Waals surface area contributed by atoms with Crippen molar-refractivity contribution in [3.8, 4) is 0 Å². The van der Waals surface area contributed by atoms with Crippen LogP contribution in [0, 0.1) is 0 Å². The number of aliphatic hydroxyl groups excluding tert-OH is 1. The van der Waals surface area contributed by atoms with Gasteiger partial charge in [-0.2, -0.15) is 0 Å². The van der Waals surface area contributed by atoms with Crippen LogP contribution in [0.4, 0.5) is 0 Å². The zero-order valence-electron chi connectivity index (χ0n) is 11.6. The largest absolute Gasteiger partial charge is 0.392 e. The van der Waals surface area contributed by atoms with Gasteiger partial charge in [0.05, 0.1) is 6.10 Å². The molecule has 2 N–H and O–H groups in total. The summed E-state index contributed by atoms with van der Waals surface area (Å²) in [7, 11) is 0. The number of hydrogen-bond acceptors (Lipinski definition) is 2. The first kappa shape index (κ1) is 15.0. The molecule has 17 heavy (non-hydrogen) atoms. The summed E-state index contributed by atoms with van der Waals surface area (Å²) >= 11 is 0. The second kappa shape index (κ2) is 9.90. The molecule has 0 bridgehead atoms. The fourth-order valence-corrected chi connectivity index (χ4v) is 2.72. The molecule has 2 nitrogen and oxygen atoms in total. The molecule has 0 amide bonds. The Hall–Kier alpha value is -0.0800. The summed E-state index contributed by atoms with van der Waals surface area (Å²) in [5, 5.41) is 13.5. The molecule has 2 heteroatoms. The number of hydrogen-bond donors (Lipinski definition) is 2. The summed E-state index contributed by atoms with van der Waals surface area (Å²) in [6.07, 6.45) is 13.9. The van der Waals surface area contributed by atoms with Gasteiger partial charge in [-0.15, -0.1) is 0 Å². The van der Waals surface area contributed by atoms with Crippen LogP contribution >= 0.6 is 0 Å². The van der Waals surface area contributed by atoms with Crippen LogP contribution in [0.3, 0.4) is 0 Å². The minimum atomic E-state index is -0.106. The van der Waals surface area contributed by atoms with Crippen molar-refractivity contribution in [2.75, 3.05) is 6.54 Å². The van der Waals surface area contributed by atoms with E-state index in [-0.39, 0.29) is 6.10 Å². The lowest BCUT2D eigenvalue weighted by molar-refractivity contribution is 0.102. The third-order valence-electron chi connectivity index (χ3n) is 3.92. The summed E-state index contributed by atoms with van der Waals surface area (Å²) in [4.78, 5) is 0. The van der Waals surface area contributed by atoms with Crippen molar-refractivity contribution in [3.63, 3.8) is 0 Å². The van der Waals surface area contributed by atoms with Gasteiger partial charge in [0.2, 0.25) is 0 Å². The summed E-state index contributed by atoms with van der Waals surface area (Å²) in [5.41, 5.74) is 0. The third-order valence-corrected chi connectivity index (χ3v) is 3.92. The first-order chi connectivity index (χ1) is 8.34. The fraction of sp³-hybridized carbons (Fsp3) is 1.00. The Morgan fingerprint density at radius 3 is 2.41 bits per heavy atom. The SMILES string of the molecule is CCCCCCCCCC(O)C1CCCCN1. The smallest absolute Gasteiger partial charge is 0.0693 e. The van der Waals surface area contributed by atoms with E-state index in [1.54, 1.807) is 0 Å². The van der Waals surface area contributed by atoms with Crippen LogP contribution in [-0.2, 0) is 0 Å². The quantitative estimate of drug-likeness (QED) is 0.604. The van der Waals surface area contributed by atoms with Crippen molar-refractivity contribution in [1.82, 2.24) is 5.32 Å². The molecule has 0 aromatic carbocycles. The Kier molecular flexibility index (Phi) is 8.72. The van der Waals surface area contributed by atoms with Crippen molar-refractivity contribution in [3.05, 3.63) is 0 Å². The van der Waals surface area contributed by atoms with Crippen LogP contribution in [0.1, 0.15) is 77.6 Å². The molecule has 1 rings (SSSR count). The molecule has 1 aliphatic heterocycles. The van der Waals surface area contributed by atoms with Gasteiger partial charge in [-0.25, -0.2) is 0 Å². The van der Waals surface area contributed by atoms with Crippen molar-refractivity contribution < 1.29 is 5.11 Å². The number of rotatable bonds is 9. The second-order valence-electron chi connectivity index (χ2n) is 5.53. The highest BCUT2D eigenvalue weighted by Crippen LogP contribution is 2.16. The maximum absolute atomic E-state index is 10.1. The maximum Gasteiger partial charge on any atom is 0.0693 e. The lowest BCUT2D eigenvalue weighted by atomic mass is 9.96. The van der Waals surface area contributed by atoms with Crippen LogP contribution in [0.25, 0.3) is 0 Å². The lowest BCUT2D eigenvalue weighted by Gasteiger charge is -2.28. The van der Waals surface area contributed by atoms with Gasteiger partial charge in [0, 0.05) is 6.04 Å². The first-order valence-electron chi connectivity index (χ1n) is 7.76. The highest BCUT2D eigenvalue weighted by Gasteiger charge is 2.20. The number of aliphatic hydroxyl groups is 1. The van der Waals surface area contributed by atoms with Crippen LogP contribution in [0.2, 0.25) is 0 Å². The topological polar surface area (TPSA) is 32.3 Å². The van der Waals surface area contributed by atoms with E-state index in [0.717, 1.165) is 19.4 Å². The van der Waals surface area contributed by atoms with Gasteiger partial charge in [-0.05, 0) is 25.8 Å². The van der Waals surface area contributed by atoms with E-state index >= 15 is 0 Å². The van der Waals surface area contributed by atoms with E-state index in [2.05, 4.69) is 12.2 Å². The summed E-state index contributed by atoms with van der Waals surface area (Å²) in [5.74, 6) is 0. The Labute approximate surface area is 107 Å². The van der Waals surface area contributed by atoms with Crippen molar-refractivity contribution in [2.45, 2.75) is 89.7 Å². The molecule has 0 saturated carbocycles. The van der Waals surface area contributed by atoms with E-state index in [4.69, 9.17) is 0 Å². The molecule has 2 unspecified atom stereocenters. The van der Waals surface area contributed by atoms with E-state index in [1.165, 1.54) is 57.8 Å². The van der Waals surface area contributed by atoms with Gasteiger partial charge in [0.15, 0.2) is 0 Å². The summed E-state index contributed by atoms with van der Waals surface area (Å²) < 4.78 is 0. The number of piperidine rings is 1. The Bertz CT molecular complexity index is 166. The predicted molar refractivity (Wildman–Crippen MR) is 74.3 cm³/mol. The fourth-order valence-electron chi connectivity index (χ4n) is 2.72. The molecule has 0 aromatic rings. The molecule has 1 saturated heterocycles. The zero-order valence-corrected chi connectivity index (χ0v) is 11.6. The molecular formula is C15H31NO. The highest BCUT2D eigenvalue weighted by atomic mass is 16.3. The molecule has 0 aliphatic carbocycles. The van der Waals surface area contributed by atoms with E-state index in [0.29, 0.717) is 6.04 Å². The molecule has 0 aromatic heterocycles. The molecule has 0 radical (unpaired) electrons. The first-order valence-corrected chi connectivity index (χ1v) is 7.76. The highest BCUT2D eigenvalue weighted by molar-refractivity contribution is 4.79. The number of unbranched alkanes of at least 4 members (excludes halogenated alkanes) is 6. The molecular weight excluding hydrogens is 210 g/mol. The lowest BCUT2D eigenvalue weighted by Crippen LogP contribution is -2.43. The zero-order chi connectivity index (χ0) is 12.3. The van der Waals surface area contributed by atoms with E-state index in [1.807, 2.05) is 0 Å². The van der Waals surface area contributed by atoms with Gasteiger partial charge in [-0.1, -0.05) is 58.3 Å². The Morgan fingerprint density at radius 1 is 1.06 bits per heavy atom. The number of nitrogens with one attached hydrogen (secondary N) is 1. The Balaban J connectivity index is 1.90.